The van der Waals surface area contributed by atoms with E-state index < -0.39 is 6.10 Å². The predicted molar refractivity (Wildman–Crippen MR) is 335 cm³/mol. The number of carbonyl (C=O) groups excluding carboxylic acids is 3. The number of esters is 3. The Labute approximate surface area is 479 Å². The summed E-state index contributed by atoms with van der Waals surface area (Å²) in [6.45, 7) is 6.62. The average Bonchev–Trinajstić information content (AvgIpc) is 3.43. The zero-order chi connectivity index (χ0) is 55.7. The van der Waals surface area contributed by atoms with Gasteiger partial charge in [0.15, 0.2) is 6.10 Å². The van der Waals surface area contributed by atoms with Gasteiger partial charge in [-0.15, -0.1) is 0 Å². The molecule has 0 rings (SSSR count). The summed E-state index contributed by atoms with van der Waals surface area (Å²) in [5, 5.41) is 0. The van der Waals surface area contributed by atoms with Gasteiger partial charge in [-0.3, -0.25) is 14.4 Å². The normalized spacial score (nSPS) is 12.3. The van der Waals surface area contributed by atoms with Crippen LogP contribution < -0.4 is 0 Å². The Hall–Kier alpha value is -2.63. The van der Waals surface area contributed by atoms with Crippen LogP contribution in [0.4, 0.5) is 0 Å². The molecule has 0 aromatic rings. The van der Waals surface area contributed by atoms with Gasteiger partial charge in [0.25, 0.3) is 0 Å². The molecular weight excluding hydrogens is 949 g/mol. The fourth-order valence-corrected chi connectivity index (χ4v) is 10.1. The van der Waals surface area contributed by atoms with Crippen molar-refractivity contribution >= 4 is 17.9 Å². The van der Waals surface area contributed by atoms with Crippen LogP contribution in [0.3, 0.4) is 0 Å². The van der Waals surface area contributed by atoms with Crippen LogP contribution in [0.5, 0.6) is 0 Å². The molecule has 0 fully saturated rings. The summed E-state index contributed by atoms with van der Waals surface area (Å²) in [6.07, 6.45) is 82.9. The highest BCUT2D eigenvalue weighted by Gasteiger charge is 2.19. The summed E-state index contributed by atoms with van der Waals surface area (Å²) in [5.41, 5.74) is 0. The topological polar surface area (TPSA) is 78.9 Å². The maximum absolute atomic E-state index is 12.9. The molecule has 0 aliphatic carbocycles. The number of hydrogen-bond donors (Lipinski definition) is 0. The van der Waals surface area contributed by atoms with E-state index in [0.29, 0.717) is 19.3 Å². The zero-order valence-electron chi connectivity index (χ0n) is 51.7. The highest BCUT2D eigenvalue weighted by atomic mass is 16.6. The van der Waals surface area contributed by atoms with Gasteiger partial charge in [0.2, 0.25) is 0 Å². The fourth-order valence-electron chi connectivity index (χ4n) is 10.1. The molecule has 77 heavy (non-hydrogen) atoms. The first-order valence-electron chi connectivity index (χ1n) is 34.1. The van der Waals surface area contributed by atoms with Crippen molar-refractivity contribution in [2.75, 3.05) is 13.2 Å². The van der Waals surface area contributed by atoms with Gasteiger partial charge in [-0.1, -0.05) is 320 Å². The maximum Gasteiger partial charge on any atom is 0.306 e. The van der Waals surface area contributed by atoms with Crippen LogP contribution in [0.25, 0.3) is 0 Å². The monoisotopic (exact) mass is 1080 g/mol. The van der Waals surface area contributed by atoms with Crippen LogP contribution in [0.1, 0.15) is 367 Å². The minimum atomic E-state index is -0.777. The molecule has 0 amide bonds. The van der Waals surface area contributed by atoms with E-state index in [-0.39, 0.29) is 31.1 Å². The van der Waals surface area contributed by atoms with Crippen molar-refractivity contribution in [2.24, 2.45) is 0 Å². The SMILES string of the molecule is CCCC/C=C\C/C=C\CCCCCCCC(=O)OC(COC(=O)CCCCCCCCCCCCCC)COC(=O)CCCCCCCCCCCCCCCCCCCCCCC/C=C\C/C=C\CCCCCCC. The van der Waals surface area contributed by atoms with Crippen molar-refractivity contribution in [1.82, 2.24) is 0 Å². The van der Waals surface area contributed by atoms with Gasteiger partial charge in [-0.25, -0.2) is 0 Å². The second kappa shape index (κ2) is 65.9. The quantitative estimate of drug-likeness (QED) is 0.0261. The number of hydrogen-bond acceptors (Lipinski definition) is 6. The third-order valence-electron chi connectivity index (χ3n) is 15.3. The first-order chi connectivity index (χ1) is 38.0. The lowest BCUT2D eigenvalue weighted by atomic mass is 10.0. The molecule has 0 aliphatic heterocycles. The molecule has 1 atom stereocenters. The molecular formula is C71H130O6. The highest BCUT2D eigenvalue weighted by molar-refractivity contribution is 5.71. The summed E-state index contributed by atoms with van der Waals surface area (Å²) in [5.74, 6) is -0.866. The lowest BCUT2D eigenvalue weighted by Gasteiger charge is -2.18. The van der Waals surface area contributed by atoms with Crippen molar-refractivity contribution in [3.63, 3.8) is 0 Å². The fraction of sp³-hybridized carbons (Fsp3) is 0.845. The van der Waals surface area contributed by atoms with Gasteiger partial charge in [-0.2, -0.15) is 0 Å². The van der Waals surface area contributed by atoms with E-state index in [4.69, 9.17) is 14.2 Å². The Morgan fingerprint density at radius 3 is 0.753 bits per heavy atom. The molecule has 1 unspecified atom stereocenters. The number of unbranched alkanes of at least 4 members (excludes halogenated alkanes) is 44. The number of rotatable bonds is 63. The van der Waals surface area contributed by atoms with Crippen molar-refractivity contribution in [3.05, 3.63) is 48.6 Å². The molecule has 0 saturated carbocycles. The Bertz CT molecular complexity index is 1330. The van der Waals surface area contributed by atoms with Crippen molar-refractivity contribution in [2.45, 2.75) is 374 Å². The van der Waals surface area contributed by atoms with Crippen LogP contribution in [0, 0.1) is 0 Å². The first-order valence-corrected chi connectivity index (χ1v) is 34.1. The first kappa shape index (κ1) is 74.4. The standard InChI is InChI=1S/C71H130O6/c1-4-7-10-13-16-19-22-25-27-28-29-30-31-32-33-34-35-36-37-38-39-40-41-42-43-44-45-47-49-52-55-58-61-64-70(73)76-67-68(66-75-69(72)63-60-57-54-51-48-24-21-18-15-12-9-6-3)77-71(74)65-62-59-56-53-50-46-26-23-20-17-14-11-8-5-2/h14,17,22-23,25-26,28-29,68H,4-13,15-16,18-21,24,27,30-67H2,1-3H3/b17-14-,25-22-,26-23-,29-28-. The molecule has 0 saturated heterocycles. The molecule has 6 nitrogen and oxygen atoms in total. The summed E-state index contributed by atoms with van der Waals surface area (Å²) >= 11 is 0. The molecule has 0 aromatic heterocycles. The minimum absolute atomic E-state index is 0.0737. The minimum Gasteiger partial charge on any atom is -0.462 e. The number of carbonyl (C=O) groups is 3. The maximum atomic E-state index is 12.9. The molecule has 0 radical (unpaired) electrons. The van der Waals surface area contributed by atoms with Crippen LogP contribution in [-0.4, -0.2) is 37.2 Å². The Morgan fingerprint density at radius 1 is 0.260 bits per heavy atom. The average molecular weight is 1080 g/mol. The summed E-state index contributed by atoms with van der Waals surface area (Å²) < 4.78 is 16.9. The third kappa shape index (κ3) is 64.1. The smallest absolute Gasteiger partial charge is 0.306 e. The van der Waals surface area contributed by atoms with Gasteiger partial charge in [0.05, 0.1) is 0 Å². The summed E-state index contributed by atoms with van der Waals surface area (Å²) in [4.78, 5) is 38.2. The Kier molecular flexibility index (Phi) is 63.6. The van der Waals surface area contributed by atoms with E-state index in [0.717, 1.165) is 89.9 Å². The molecule has 0 N–H and O–H groups in total. The van der Waals surface area contributed by atoms with Crippen LogP contribution >= 0.6 is 0 Å². The summed E-state index contributed by atoms with van der Waals surface area (Å²) in [7, 11) is 0. The van der Waals surface area contributed by atoms with Gasteiger partial charge >= 0.3 is 17.9 Å². The second-order valence-corrected chi connectivity index (χ2v) is 23.1. The van der Waals surface area contributed by atoms with E-state index in [1.807, 2.05) is 0 Å². The van der Waals surface area contributed by atoms with E-state index >= 15 is 0 Å². The number of allylic oxidation sites excluding steroid dienone is 8. The molecule has 0 bridgehead atoms. The van der Waals surface area contributed by atoms with Gasteiger partial charge in [0.1, 0.15) is 13.2 Å². The van der Waals surface area contributed by atoms with Crippen LogP contribution in [0.2, 0.25) is 0 Å². The third-order valence-corrected chi connectivity index (χ3v) is 15.3. The van der Waals surface area contributed by atoms with Crippen molar-refractivity contribution in [3.8, 4) is 0 Å². The molecule has 0 aliphatic rings. The van der Waals surface area contributed by atoms with Crippen molar-refractivity contribution < 1.29 is 28.6 Å². The molecule has 6 heteroatoms. The van der Waals surface area contributed by atoms with Gasteiger partial charge in [-0.05, 0) is 77.0 Å². The van der Waals surface area contributed by atoms with Crippen molar-refractivity contribution in [1.29, 1.82) is 0 Å². The molecule has 0 aromatic carbocycles. The Morgan fingerprint density at radius 2 is 0.481 bits per heavy atom. The zero-order valence-corrected chi connectivity index (χ0v) is 51.7. The second-order valence-electron chi connectivity index (χ2n) is 23.1. The largest absolute Gasteiger partial charge is 0.462 e. The highest BCUT2D eigenvalue weighted by Crippen LogP contribution is 2.18. The lowest BCUT2D eigenvalue weighted by molar-refractivity contribution is -0.167. The predicted octanol–water partition coefficient (Wildman–Crippen LogP) is 23.3. The molecule has 0 spiro atoms. The molecule has 450 valence electrons. The van der Waals surface area contributed by atoms with Crippen LogP contribution in [-0.2, 0) is 28.6 Å². The molecule has 0 heterocycles. The van der Waals surface area contributed by atoms with Gasteiger partial charge in [0, 0.05) is 19.3 Å². The van der Waals surface area contributed by atoms with E-state index in [1.54, 1.807) is 0 Å². The van der Waals surface area contributed by atoms with Crippen LogP contribution in [0.15, 0.2) is 48.6 Å². The van der Waals surface area contributed by atoms with Gasteiger partial charge < -0.3 is 14.2 Å². The lowest BCUT2D eigenvalue weighted by Crippen LogP contribution is -2.30. The Balaban J connectivity index is 4.06. The number of ether oxygens (including phenoxy) is 3. The van der Waals surface area contributed by atoms with E-state index in [1.165, 1.54) is 238 Å². The summed E-state index contributed by atoms with van der Waals surface area (Å²) in [6, 6.07) is 0. The van der Waals surface area contributed by atoms with E-state index in [2.05, 4.69) is 69.4 Å². The van der Waals surface area contributed by atoms with E-state index in [9.17, 15) is 14.4 Å².